The fourth-order valence-electron chi connectivity index (χ4n) is 4.25. The van der Waals surface area contributed by atoms with Gasteiger partial charge in [0.25, 0.3) is 0 Å². The highest BCUT2D eigenvalue weighted by Gasteiger charge is 2.31. The summed E-state index contributed by atoms with van der Waals surface area (Å²) in [5, 5.41) is 9.12. The van der Waals surface area contributed by atoms with E-state index in [0.29, 0.717) is 23.0 Å². The van der Waals surface area contributed by atoms with Crippen molar-refractivity contribution in [3.63, 3.8) is 0 Å². The topological polar surface area (TPSA) is 73.8 Å². The highest BCUT2D eigenvalue weighted by Crippen LogP contribution is 2.43. The summed E-state index contributed by atoms with van der Waals surface area (Å²) >= 11 is 3.16. The molecule has 0 aliphatic heterocycles. The van der Waals surface area contributed by atoms with E-state index in [-0.39, 0.29) is 0 Å². The van der Waals surface area contributed by atoms with Gasteiger partial charge in [-0.1, -0.05) is 68.9 Å². The van der Waals surface area contributed by atoms with Gasteiger partial charge in [-0.3, -0.25) is 9.36 Å². The van der Waals surface area contributed by atoms with Crippen LogP contribution in [0.2, 0.25) is 0 Å². The van der Waals surface area contributed by atoms with Crippen molar-refractivity contribution in [2.45, 2.75) is 57.0 Å². The molecule has 2 unspecified atom stereocenters. The number of nitrogens with two attached hydrogens (primary N) is 1. The van der Waals surface area contributed by atoms with Gasteiger partial charge < -0.3 is 5.73 Å². The number of benzene rings is 1. The molecule has 0 spiro atoms. The van der Waals surface area contributed by atoms with Gasteiger partial charge in [-0.15, -0.1) is 28.1 Å². The van der Waals surface area contributed by atoms with Gasteiger partial charge in [0.2, 0.25) is 5.91 Å². The molecule has 0 saturated carbocycles. The summed E-state index contributed by atoms with van der Waals surface area (Å²) in [6.07, 6.45) is 5.30. The Hall–Kier alpha value is -2.38. The molecule has 4 rings (SSSR count). The van der Waals surface area contributed by atoms with Crippen molar-refractivity contribution < 1.29 is 4.79 Å². The second kappa shape index (κ2) is 9.24. The zero-order chi connectivity index (χ0) is 22.9. The van der Waals surface area contributed by atoms with Gasteiger partial charge in [0, 0.05) is 11.4 Å². The Labute approximate surface area is 198 Å². The Morgan fingerprint density at radius 2 is 2.09 bits per heavy atom. The first-order valence-corrected chi connectivity index (χ1v) is 12.6. The number of nitrogens with zero attached hydrogens (tertiary/aromatic N) is 3. The van der Waals surface area contributed by atoms with Gasteiger partial charge in [-0.25, -0.2) is 0 Å². The van der Waals surface area contributed by atoms with Crippen molar-refractivity contribution in [1.82, 2.24) is 14.8 Å². The molecule has 7 heteroatoms. The summed E-state index contributed by atoms with van der Waals surface area (Å²) in [6, 6.07) is 11.9. The lowest BCUT2D eigenvalue weighted by Crippen LogP contribution is -2.26. The molecular weight excluding hydrogens is 436 g/mol. The molecule has 0 fully saturated rings. The Bertz CT molecular complexity index is 1110. The van der Waals surface area contributed by atoms with Crippen LogP contribution in [0.25, 0.3) is 10.7 Å². The van der Waals surface area contributed by atoms with Crippen LogP contribution >= 0.6 is 23.1 Å². The van der Waals surface area contributed by atoms with Crippen LogP contribution in [-0.2, 0) is 24.2 Å². The smallest absolute Gasteiger partial charge is 0.235 e. The molecule has 1 aromatic carbocycles. The third-order valence-electron chi connectivity index (χ3n) is 6.14. The Balaban J connectivity index is 1.65. The second-order valence-electron chi connectivity index (χ2n) is 9.38. The quantitative estimate of drug-likeness (QED) is 0.360. The number of thioether (sulfide) groups is 1. The summed E-state index contributed by atoms with van der Waals surface area (Å²) in [6.45, 7) is 11.5. The van der Waals surface area contributed by atoms with E-state index < -0.39 is 11.2 Å². The number of hydrogen-bond acceptors (Lipinski definition) is 5. The van der Waals surface area contributed by atoms with E-state index in [9.17, 15) is 4.79 Å². The lowest BCUT2D eigenvalue weighted by molar-refractivity contribution is -0.117. The predicted octanol–water partition coefficient (Wildman–Crippen LogP) is 5.66. The summed E-state index contributed by atoms with van der Waals surface area (Å²) < 4.78 is 2.04. The van der Waals surface area contributed by atoms with E-state index in [4.69, 9.17) is 5.73 Å². The molecule has 32 heavy (non-hydrogen) atoms. The molecule has 1 amide bonds. The standard InChI is InChI=1S/C25H30N4OS2/c1-5-13-29-23(20-15-17-14-18(25(2,3)4)11-12-19(17)31-20)27-28-24(29)32-21(22(26)30)16-9-7-6-8-10-16/h5-10,15,18,21H,1,11-14H2,2-4H3,(H2,26,30). The maximum atomic E-state index is 12.2. The van der Waals surface area contributed by atoms with Crippen molar-refractivity contribution >= 4 is 29.0 Å². The SMILES string of the molecule is C=CCn1c(SC(C(N)=O)c2ccccc2)nnc1-c1cc2c(s1)CCC(C(C)(C)C)C2. The number of amides is 1. The number of aryl methyl sites for hydroxylation is 1. The fourth-order valence-corrected chi connectivity index (χ4v) is 6.45. The van der Waals surface area contributed by atoms with Crippen molar-refractivity contribution in [1.29, 1.82) is 0 Å². The molecule has 2 aromatic heterocycles. The third kappa shape index (κ3) is 4.69. The average molecular weight is 467 g/mol. The number of primary amides is 1. The van der Waals surface area contributed by atoms with Crippen LogP contribution in [-0.4, -0.2) is 20.7 Å². The lowest BCUT2D eigenvalue weighted by atomic mass is 9.72. The Kier molecular flexibility index (Phi) is 6.58. The van der Waals surface area contributed by atoms with Crippen LogP contribution in [0.3, 0.4) is 0 Å². The molecule has 0 radical (unpaired) electrons. The fraction of sp³-hybridized carbons (Fsp3) is 0.400. The van der Waals surface area contributed by atoms with Crippen molar-refractivity contribution in [2.24, 2.45) is 17.1 Å². The Morgan fingerprint density at radius 1 is 1.34 bits per heavy atom. The van der Waals surface area contributed by atoms with Gasteiger partial charge in [0.15, 0.2) is 11.0 Å². The molecule has 1 aliphatic rings. The molecule has 3 aromatic rings. The first-order valence-electron chi connectivity index (χ1n) is 10.9. The van der Waals surface area contributed by atoms with Gasteiger partial charge in [-0.2, -0.15) is 0 Å². The van der Waals surface area contributed by atoms with Crippen molar-refractivity contribution in [3.05, 3.63) is 65.1 Å². The zero-order valence-electron chi connectivity index (χ0n) is 18.9. The number of aromatic nitrogens is 3. The first-order chi connectivity index (χ1) is 15.3. The maximum Gasteiger partial charge on any atom is 0.235 e. The van der Waals surface area contributed by atoms with Gasteiger partial charge >= 0.3 is 0 Å². The molecule has 2 heterocycles. The predicted molar refractivity (Wildman–Crippen MR) is 133 cm³/mol. The number of hydrogen-bond donors (Lipinski definition) is 1. The van der Waals surface area contributed by atoms with E-state index in [1.807, 2.05) is 52.3 Å². The largest absolute Gasteiger partial charge is 0.368 e. The number of thiophene rings is 1. The molecule has 5 nitrogen and oxygen atoms in total. The molecule has 0 saturated heterocycles. The van der Waals surface area contributed by atoms with E-state index >= 15 is 0 Å². The van der Waals surface area contributed by atoms with Crippen LogP contribution in [0.15, 0.2) is 54.2 Å². The lowest BCUT2D eigenvalue weighted by Gasteiger charge is -2.33. The number of allylic oxidation sites excluding steroid dienone is 1. The molecule has 2 N–H and O–H groups in total. The highest BCUT2D eigenvalue weighted by atomic mass is 32.2. The monoisotopic (exact) mass is 466 g/mol. The highest BCUT2D eigenvalue weighted by molar-refractivity contribution is 8.00. The van der Waals surface area contributed by atoms with Crippen LogP contribution in [0.1, 0.15) is 48.4 Å². The van der Waals surface area contributed by atoms with Crippen LogP contribution in [0.5, 0.6) is 0 Å². The van der Waals surface area contributed by atoms with Crippen LogP contribution < -0.4 is 5.73 Å². The summed E-state index contributed by atoms with van der Waals surface area (Å²) in [4.78, 5) is 14.8. The minimum atomic E-state index is -0.527. The summed E-state index contributed by atoms with van der Waals surface area (Å²) in [5.41, 5.74) is 8.35. The molecule has 168 valence electrons. The third-order valence-corrected chi connectivity index (χ3v) is 8.63. The first kappa shape index (κ1) is 22.8. The van der Waals surface area contributed by atoms with E-state index in [1.54, 1.807) is 0 Å². The molecule has 1 aliphatic carbocycles. The van der Waals surface area contributed by atoms with Crippen LogP contribution in [0.4, 0.5) is 0 Å². The van der Waals surface area contributed by atoms with Crippen LogP contribution in [0, 0.1) is 11.3 Å². The number of fused-ring (bicyclic) bond motifs is 1. The van der Waals surface area contributed by atoms with Gasteiger partial charge in [0.1, 0.15) is 5.25 Å². The van der Waals surface area contributed by atoms with Gasteiger partial charge in [-0.05, 0) is 47.8 Å². The Morgan fingerprint density at radius 3 is 2.75 bits per heavy atom. The van der Waals surface area contributed by atoms with Gasteiger partial charge in [0.05, 0.1) is 4.88 Å². The number of carbonyl (C=O) groups excluding carboxylic acids is 1. The molecule has 0 bridgehead atoms. The van der Waals surface area contributed by atoms with Crippen molar-refractivity contribution in [3.8, 4) is 10.7 Å². The minimum absolute atomic E-state index is 0.313. The minimum Gasteiger partial charge on any atom is -0.368 e. The zero-order valence-corrected chi connectivity index (χ0v) is 20.5. The average Bonchev–Trinajstić information content (AvgIpc) is 3.35. The van der Waals surface area contributed by atoms with Crippen molar-refractivity contribution in [2.75, 3.05) is 0 Å². The summed E-state index contributed by atoms with van der Waals surface area (Å²) in [7, 11) is 0. The second-order valence-corrected chi connectivity index (χ2v) is 11.6. The molecular formula is C25H30N4OS2. The van der Waals surface area contributed by atoms with E-state index in [1.165, 1.54) is 28.6 Å². The van der Waals surface area contributed by atoms with E-state index in [0.717, 1.165) is 29.1 Å². The maximum absolute atomic E-state index is 12.2. The number of carbonyl (C=O) groups is 1. The molecule has 2 atom stereocenters. The number of rotatable bonds is 7. The van der Waals surface area contributed by atoms with E-state index in [2.05, 4.69) is 43.6 Å². The normalized spacial score (nSPS) is 17.0. The summed E-state index contributed by atoms with van der Waals surface area (Å²) in [5.74, 6) is 1.13.